The minimum Gasteiger partial charge on any atom is -0.496 e. The third-order valence-corrected chi connectivity index (χ3v) is 3.75. The zero-order valence-electron chi connectivity index (χ0n) is 13.3. The lowest BCUT2D eigenvalue weighted by atomic mass is 9.94. The van der Waals surface area contributed by atoms with E-state index in [0.717, 1.165) is 12.1 Å². The normalized spacial score (nSPS) is 17.7. The summed E-state index contributed by atoms with van der Waals surface area (Å²) in [5, 5.41) is 3.49. The molecule has 1 atom stereocenters. The van der Waals surface area contributed by atoms with E-state index in [0.29, 0.717) is 23.2 Å². The molecule has 0 radical (unpaired) electrons. The highest BCUT2D eigenvalue weighted by molar-refractivity contribution is 5.71. The van der Waals surface area contributed by atoms with Crippen LogP contribution in [0.1, 0.15) is 20.3 Å². The molecule has 0 saturated heterocycles. The van der Waals surface area contributed by atoms with Crippen molar-refractivity contribution in [2.24, 2.45) is 5.92 Å². The first kappa shape index (κ1) is 15.3. The van der Waals surface area contributed by atoms with Gasteiger partial charge in [0.25, 0.3) is 0 Å². The first-order valence-electron chi connectivity index (χ1n) is 7.05. The first-order valence-corrected chi connectivity index (χ1v) is 7.05. The summed E-state index contributed by atoms with van der Waals surface area (Å²) in [7, 11) is 4.91. The molecule has 2 rings (SSSR count). The van der Waals surface area contributed by atoms with Crippen molar-refractivity contribution in [1.29, 1.82) is 0 Å². The lowest BCUT2D eigenvalue weighted by molar-refractivity contribution is 0.377. The van der Waals surface area contributed by atoms with Crippen LogP contribution in [0.3, 0.4) is 0 Å². The second-order valence-corrected chi connectivity index (χ2v) is 5.17. The van der Waals surface area contributed by atoms with Gasteiger partial charge in [0.05, 0.1) is 21.3 Å². The van der Waals surface area contributed by atoms with Crippen molar-refractivity contribution >= 4 is 5.69 Å². The minimum atomic E-state index is 0.437. The molecule has 1 aromatic carbocycles. The predicted molar refractivity (Wildman–Crippen MR) is 85.3 cm³/mol. The largest absolute Gasteiger partial charge is 0.496 e. The van der Waals surface area contributed by atoms with E-state index in [1.165, 1.54) is 11.3 Å². The van der Waals surface area contributed by atoms with E-state index in [2.05, 4.69) is 31.3 Å². The van der Waals surface area contributed by atoms with Gasteiger partial charge in [0.15, 0.2) is 0 Å². The Morgan fingerprint density at radius 3 is 2.14 bits per heavy atom. The summed E-state index contributed by atoms with van der Waals surface area (Å²) in [4.78, 5) is 0. The van der Waals surface area contributed by atoms with E-state index in [9.17, 15) is 0 Å². The zero-order valence-corrected chi connectivity index (χ0v) is 13.3. The van der Waals surface area contributed by atoms with Gasteiger partial charge < -0.3 is 19.5 Å². The van der Waals surface area contributed by atoms with E-state index in [1.54, 1.807) is 21.3 Å². The van der Waals surface area contributed by atoms with Crippen LogP contribution in [0.4, 0.5) is 5.69 Å². The number of benzene rings is 1. The molecule has 1 aliphatic carbocycles. The van der Waals surface area contributed by atoms with E-state index >= 15 is 0 Å². The second-order valence-electron chi connectivity index (χ2n) is 5.17. The fraction of sp³-hybridized carbons (Fsp3) is 0.412. The van der Waals surface area contributed by atoms with Gasteiger partial charge in [-0.3, -0.25) is 0 Å². The van der Waals surface area contributed by atoms with Crippen molar-refractivity contribution in [2.45, 2.75) is 20.3 Å². The molecule has 1 aromatic rings. The van der Waals surface area contributed by atoms with E-state index in [4.69, 9.17) is 14.2 Å². The van der Waals surface area contributed by atoms with Crippen molar-refractivity contribution in [3.63, 3.8) is 0 Å². The highest BCUT2D eigenvalue weighted by atomic mass is 16.5. The predicted octanol–water partition coefficient (Wildman–Crippen LogP) is 3.99. The maximum absolute atomic E-state index is 5.48. The Kier molecular flexibility index (Phi) is 4.78. The number of ether oxygens (including phenoxy) is 3. The second kappa shape index (κ2) is 6.57. The van der Waals surface area contributed by atoms with Gasteiger partial charge in [-0.1, -0.05) is 19.1 Å². The number of hydrogen-bond donors (Lipinski definition) is 1. The van der Waals surface area contributed by atoms with Crippen LogP contribution >= 0.6 is 0 Å². The first-order chi connectivity index (χ1) is 10.1. The Bertz CT molecular complexity index is 550. The monoisotopic (exact) mass is 289 g/mol. The molecular weight excluding hydrogens is 266 g/mol. The molecule has 0 amide bonds. The van der Waals surface area contributed by atoms with Gasteiger partial charge in [-0.2, -0.15) is 0 Å². The quantitative estimate of drug-likeness (QED) is 0.889. The number of allylic oxidation sites excluding steroid dienone is 4. The van der Waals surface area contributed by atoms with Crippen LogP contribution in [-0.4, -0.2) is 21.3 Å². The van der Waals surface area contributed by atoms with Gasteiger partial charge in [-0.15, -0.1) is 0 Å². The van der Waals surface area contributed by atoms with Crippen LogP contribution in [0.2, 0.25) is 0 Å². The number of nitrogens with one attached hydrogen (secondary N) is 1. The molecule has 0 aromatic heterocycles. The molecule has 21 heavy (non-hydrogen) atoms. The molecule has 0 saturated carbocycles. The van der Waals surface area contributed by atoms with Gasteiger partial charge in [0, 0.05) is 17.8 Å². The fourth-order valence-electron chi connectivity index (χ4n) is 2.53. The molecular formula is C17H23NO3. The Labute approximate surface area is 126 Å². The molecule has 1 unspecified atom stereocenters. The Hall–Kier alpha value is -2.10. The lowest BCUT2D eigenvalue weighted by Gasteiger charge is -2.24. The molecule has 4 nitrogen and oxygen atoms in total. The number of methoxy groups -OCH3 is 3. The SMILES string of the molecule is COc1cc(OC)c(NC2=C(C)C=CCC2C)c(OC)c1. The van der Waals surface area contributed by atoms with Gasteiger partial charge >= 0.3 is 0 Å². The molecule has 0 fully saturated rings. The molecule has 1 N–H and O–H groups in total. The smallest absolute Gasteiger partial charge is 0.149 e. The van der Waals surface area contributed by atoms with E-state index in [-0.39, 0.29) is 0 Å². The van der Waals surface area contributed by atoms with Gasteiger partial charge in [0.1, 0.15) is 22.9 Å². The summed E-state index contributed by atoms with van der Waals surface area (Å²) >= 11 is 0. The third kappa shape index (κ3) is 3.15. The molecule has 0 aliphatic heterocycles. The highest BCUT2D eigenvalue weighted by Crippen LogP contribution is 2.41. The summed E-state index contributed by atoms with van der Waals surface area (Å²) in [5.41, 5.74) is 3.25. The van der Waals surface area contributed by atoms with Crippen LogP contribution in [0.5, 0.6) is 17.2 Å². The molecule has 0 bridgehead atoms. The molecule has 4 heteroatoms. The third-order valence-electron chi connectivity index (χ3n) is 3.75. The van der Waals surface area contributed by atoms with Crippen LogP contribution in [0.25, 0.3) is 0 Å². The average molecular weight is 289 g/mol. The maximum Gasteiger partial charge on any atom is 0.149 e. The number of rotatable bonds is 5. The van der Waals surface area contributed by atoms with Crippen LogP contribution in [-0.2, 0) is 0 Å². The van der Waals surface area contributed by atoms with Crippen molar-refractivity contribution in [3.05, 3.63) is 35.6 Å². The minimum absolute atomic E-state index is 0.437. The molecule has 114 valence electrons. The number of anilines is 1. The van der Waals surface area contributed by atoms with Crippen molar-refractivity contribution in [2.75, 3.05) is 26.6 Å². The molecule has 0 spiro atoms. The molecule has 1 aliphatic rings. The summed E-state index contributed by atoms with van der Waals surface area (Å²) in [6.07, 6.45) is 5.37. The standard InChI is InChI=1S/C17H23NO3/c1-11-7-6-8-12(2)16(11)18-17-14(20-4)9-13(19-3)10-15(17)21-5/h6-7,9-10,12,18H,8H2,1-5H3. The summed E-state index contributed by atoms with van der Waals surface area (Å²) in [6.45, 7) is 4.31. The Balaban J connectivity index is 2.45. The van der Waals surface area contributed by atoms with Crippen molar-refractivity contribution in [1.82, 2.24) is 0 Å². The lowest BCUT2D eigenvalue weighted by Crippen LogP contribution is -2.14. The summed E-state index contributed by atoms with van der Waals surface area (Å²) < 4.78 is 16.2. The van der Waals surface area contributed by atoms with E-state index < -0.39 is 0 Å². The topological polar surface area (TPSA) is 39.7 Å². The summed E-state index contributed by atoms with van der Waals surface area (Å²) in [5.74, 6) is 2.55. The van der Waals surface area contributed by atoms with Gasteiger partial charge in [0.2, 0.25) is 0 Å². The van der Waals surface area contributed by atoms with Crippen LogP contribution in [0.15, 0.2) is 35.6 Å². The zero-order chi connectivity index (χ0) is 15.4. The van der Waals surface area contributed by atoms with Crippen LogP contribution < -0.4 is 19.5 Å². The highest BCUT2D eigenvalue weighted by Gasteiger charge is 2.19. The van der Waals surface area contributed by atoms with Gasteiger partial charge in [-0.25, -0.2) is 0 Å². The van der Waals surface area contributed by atoms with Crippen molar-refractivity contribution in [3.8, 4) is 17.2 Å². The average Bonchev–Trinajstić information content (AvgIpc) is 2.50. The number of hydrogen-bond acceptors (Lipinski definition) is 4. The van der Waals surface area contributed by atoms with Gasteiger partial charge in [-0.05, 0) is 24.8 Å². The van der Waals surface area contributed by atoms with Crippen molar-refractivity contribution < 1.29 is 14.2 Å². The molecule has 0 heterocycles. The Morgan fingerprint density at radius 2 is 1.67 bits per heavy atom. The summed E-state index contributed by atoms with van der Waals surface area (Å²) in [6, 6.07) is 3.70. The van der Waals surface area contributed by atoms with Crippen LogP contribution in [0, 0.1) is 5.92 Å². The van der Waals surface area contributed by atoms with E-state index in [1.807, 2.05) is 12.1 Å². The Morgan fingerprint density at radius 1 is 1.05 bits per heavy atom. The fourth-order valence-corrected chi connectivity index (χ4v) is 2.53. The maximum atomic E-state index is 5.48.